The maximum atomic E-state index is 12.5. The second-order valence-electron chi connectivity index (χ2n) is 7.65. The van der Waals surface area contributed by atoms with Crippen molar-refractivity contribution >= 4 is 17.5 Å². The van der Waals surface area contributed by atoms with Crippen LogP contribution in [0, 0.1) is 12.8 Å². The molecule has 0 atom stereocenters. The number of pyridine rings is 1. The van der Waals surface area contributed by atoms with Crippen LogP contribution in [0.3, 0.4) is 0 Å². The van der Waals surface area contributed by atoms with Gasteiger partial charge in [-0.2, -0.15) is 0 Å². The van der Waals surface area contributed by atoms with Crippen molar-refractivity contribution in [3.63, 3.8) is 0 Å². The number of nitrogens with one attached hydrogen (secondary N) is 1. The van der Waals surface area contributed by atoms with Gasteiger partial charge in [-0.3, -0.25) is 14.6 Å². The van der Waals surface area contributed by atoms with E-state index in [9.17, 15) is 9.59 Å². The van der Waals surface area contributed by atoms with Crippen molar-refractivity contribution in [3.05, 3.63) is 42.1 Å². The number of piperidine rings is 1. The van der Waals surface area contributed by atoms with E-state index in [1.54, 1.807) is 23.4 Å². The molecule has 8 heteroatoms. The minimum absolute atomic E-state index is 0.00562. The second-order valence-corrected chi connectivity index (χ2v) is 7.65. The Balaban J connectivity index is 1.25. The Morgan fingerprint density at radius 1 is 1.03 bits per heavy atom. The van der Waals surface area contributed by atoms with Gasteiger partial charge in [-0.15, -0.1) is 0 Å². The van der Waals surface area contributed by atoms with Crippen LogP contribution < -0.4 is 10.1 Å². The monoisotopic (exact) mass is 395 g/mol. The molecule has 3 heterocycles. The highest BCUT2D eigenvalue weighted by atomic mass is 16.5. The molecule has 0 bridgehead atoms. The quantitative estimate of drug-likeness (QED) is 0.836. The molecule has 2 aromatic rings. The fourth-order valence-corrected chi connectivity index (χ4v) is 3.45. The van der Waals surface area contributed by atoms with Gasteiger partial charge in [0.2, 0.25) is 11.8 Å². The summed E-state index contributed by atoms with van der Waals surface area (Å²) in [6, 6.07) is 3.59. The summed E-state index contributed by atoms with van der Waals surface area (Å²) in [5, 5.41) is 2.90. The normalized spacial score (nSPS) is 17.5. The number of ether oxygens (including phenoxy) is 1. The molecule has 2 aromatic heterocycles. The minimum Gasteiger partial charge on any atom is -0.474 e. The molecule has 1 aliphatic carbocycles. The Hall–Kier alpha value is -3.03. The van der Waals surface area contributed by atoms with Crippen LogP contribution in [0.25, 0.3) is 0 Å². The van der Waals surface area contributed by atoms with Gasteiger partial charge in [0.05, 0.1) is 23.8 Å². The lowest BCUT2D eigenvalue weighted by molar-refractivity contribution is -0.122. The molecule has 1 saturated carbocycles. The molecule has 0 radical (unpaired) electrons. The van der Waals surface area contributed by atoms with Crippen LogP contribution >= 0.6 is 0 Å². The van der Waals surface area contributed by atoms with Crippen molar-refractivity contribution in [2.24, 2.45) is 5.92 Å². The van der Waals surface area contributed by atoms with Crippen LogP contribution in [0.2, 0.25) is 0 Å². The third-order valence-corrected chi connectivity index (χ3v) is 5.50. The summed E-state index contributed by atoms with van der Waals surface area (Å²) < 4.78 is 5.95. The van der Waals surface area contributed by atoms with E-state index in [1.807, 2.05) is 13.0 Å². The summed E-state index contributed by atoms with van der Waals surface area (Å²) in [7, 11) is 0. The Kier molecular flexibility index (Phi) is 5.69. The molecule has 0 aromatic carbocycles. The maximum absolute atomic E-state index is 12.5. The Morgan fingerprint density at radius 2 is 1.83 bits per heavy atom. The van der Waals surface area contributed by atoms with E-state index in [2.05, 4.69) is 20.3 Å². The third kappa shape index (κ3) is 4.70. The van der Waals surface area contributed by atoms with E-state index in [4.69, 9.17) is 4.74 Å². The van der Waals surface area contributed by atoms with Crippen molar-refractivity contribution < 1.29 is 14.3 Å². The average Bonchev–Trinajstić information content (AvgIpc) is 2.69. The van der Waals surface area contributed by atoms with Crippen LogP contribution in [-0.2, 0) is 4.79 Å². The number of aromatic nitrogens is 3. The van der Waals surface area contributed by atoms with Crippen molar-refractivity contribution in [3.8, 4) is 5.88 Å². The smallest absolute Gasteiger partial charge is 0.274 e. The summed E-state index contributed by atoms with van der Waals surface area (Å²) >= 11 is 0. The minimum atomic E-state index is -0.0966. The standard InChI is InChI=1S/C21H25N5O3/c1-14-11-23-18(13-22-14)21(28)26-9-7-17(8-10-26)29-19-6-5-16(12-24-19)25-20(27)15-3-2-4-15/h5-6,11-13,15,17H,2-4,7-10H2,1H3,(H,25,27). The molecule has 1 aliphatic heterocycles. The lowest BCUT2D eigenvalue weighted by Gasteiger charge is -2.31. The van der Waals surface area contributed by atoms with E-state index in [-0.39, 0.29) is 23.8 Å². The summed E-state index contributed by atoms with van der Waals surface area (Å²) in [6.45, 7) is 3.05. The zero-order chi connectivity index (χ0) is 20.2. The van der Waals surface area contributed by atoms with Crippen LogP contribution in [0.5, 0.6) is 5.88 Å². The molecule has 2 fully saturated rings. The third-order valence-electron chi connectivity index (χ3n) is 5.50. The Labute approximate surface area is 169 Å². The molecule has 0 unspecified atom stereocenters. The topological polar surface area (TPSA) is 97.3 Å². The van der Waals surface area contributed by atoms with Gasteiger partial charge in [-0.05, 0) is 25.8 Å². The van der Waals surface area contributed by atoms with E-state index in [1.165, 1.54) is 6.20 Å². The molecular formula is C21H25N5O3. The molecular weight excluding hydrogens is 370 g/mol. The molecule has 1 saturated heterocycles. The molecule has 2 amide bonds. The molecule has 152 valence electrons. The fourth-order valence-electron chi connectivity index (χ4n) is 3.45. The number of aryl methyl sites for hydroxylation is 1. The summed E-state index contributed by atoms with van der Waals surface area (Å²) in [6.07, 6.45) is 9.29. The lowest BCUT2D eigenvalue weighted by Crippen LogP contribution is -2.42. The zero-order valence-electron chi connectivity index (χ0n) is 16.5. The predicted octanol–water partition coefficient (Wildman–Crippen LogP) is 2.60. The molecule has 8 nitrogen and oxygen atoms in total. The van der Waals surface area contributed by atoms with E-state index in [0.29, 0.717) is 30.4 Å². The molecule has 29 heavy (non-hydrogen) atoms. The van der Waals surface area contributed by atoms with Crippen LogP contribution in [0.15, 0.2) is 30.7 Å². The summed E-state index contributed by atoms with van der Waals surface area (Å²) in [5.74, 6) is 0.646. The van der Waals surface area contributed by atoms with E-state index >= 15 is 0 Å². The number of carbonyl (C=O) groups excluding carboxylic acids is 2. The first-order chi connectivity index (χ1) is 14.1. The molecule has 2 aliphatic rings. The van der Waals surface area contributed by atoms with Crippen molar-refractivity contribution in [1.29, 1.82) is 0 Å². The highest BCUT2D eigenvalue weighted by Gasteiger charge is 2.26. The average molecular weight is 395 g/mol. The number of carbonyl (C=O) groups is 2. The lowest BCUT2D eigenvalue weighted by atomic mass is 9.85. The first kappa shape index (κ1) is 19.3. The van der Waals surface area contributed by atoms with Gasteiger partial charge >= 0.3 is 0 Å². The molecule has 1 N–H and O–H groups in total. The first-order valence-corrected chi connectivity index (χ1v) is 10.1. The fraction of sp³-hybridized carbons (Fsp3) is 0.476. The van der Waals surface area contributed by atoms with E-state index in [0.717, 1.165) is 37.8 Å². The van der Waals surface area contributed by atoms with Gasteiger partial charge in [-0.1, -0.05) is 6.42 Å². The van der Waals surface area contributed by atoms with Gasteiger partial charge in [0.15, 0.2) is 0 Å². The highest BCUT2D eigenvalue weighted by molar-refractivity contribution is 5.93. The van der Waals surface area contributed by atoms with Crippen molar-refractivity contribution in [2.45, 2.75) is 45.1 Å². The molecule has 4 rings (SSSR count). The summed E-state index contributed by atoms with van der Waals surface area (Å²) in [5.41, 5.74) is 1.85. The number of hydrogen-bond donors (Lipinski definition) is 1. The van der Waals surface area contributed by atoms with Gasteiger partial charge in [-0.25, -0.2) is 9.97 Å². The van der Waals surface area contributed by atoms with Crippen molar-refractivity contribution in [1.82, 2.24) is 19.9 Å². The van der Waals surface area contributed by atoms with Gasteiger partial charge in [0.1, 0.15) is 11.8 Å². The van der Waals surface area contributed by atoms with Crippen LogP contribution in [0.1, 0.15) is 48.3 Å². The highest BCUT2D eigenvalue weighted by Crippen LogP contribution is 2.27. The Morgan fingerprint density at radius 3 is 2.41 bits per heavy atom. The maximum Gasteiger partial charge on any atom is 0.274 e. The number of likely N-dealkylation sites (tertiary alicyclic amines) is 1. The van der Waals surface area contributed by atoms with E-state index < -0.39 is 0 Å². The number of rotatable bonds is 5. The predicted molar refractivity (Wildman–Crippen MR) is 107 cm³/mol. The largest absolute Gasteiger partial charge is 0.474 e. The van der Waals surface area contributed by atoms with Gasteiger partial charge in [0, 0.05) is 44.1 Å². The van der Waals surface area contributed by atoms with Crippen LogP contribution in [-0.4, -0.2) is 50.9 Å². The van der Waals surface area contributed by atoms with Gasteiger partial charge in [0.25, 0.3) is 5.91 Å². The zero-order valence-corrected chi connectivity index (χ0v) is 16.5. The first-order valence-electron chi connectivity index (χ1n) is 10.1. The number of anilines is 1. The number of nitrogens with zero attached hydrogens (tertiary/aromatic N) is 4. The number of amides is 2. The Bertz CT molecular complexity index is 857. The number of hydrogen-bond acceptors (Lipinski definition) is 6. The van der Waals surface area contributed by atoms with Crippen LogP contribution in [0.4, 0.5) is 5.69 Å². The van der Waals surface area contributed by atoms with Gasteiger partial charge < -0.3 is 15.0 Å². The SMILES string of the molecule is Cc1cnc(C(=O)N2CCC(Oc3ccc(NC(=O)C4CCC4)cn3)CC2)cn1. The molecule has 0 spiro atoms. The summed E-state index contributed by atoms with van der Waals surface area (Å²) in [4.78, 5) is 38.9. The van der Waals surface area contributed by atoms with Crippen molar-refractivity contribution in [2.75, 3.05) is 18.4 Å². The second kappa shape index (κ2) is 8.55.